The van der Waals surface area contributed by atoms with E-state index >= 15 is 0 Å². The maximum Gasteiger partial charge on any atom is 0.338 e. The Morgan fingerprint density at radius 1 is 0.938 bits per heavy atom. The van der Waals surface area contributed by atoms with Crippen molar-refractivity contribution in [1.29, 1.82) is 0 Å². The molecule has 5 nitrogen and oxygen atoms in total. The summed E-state index contributed by atoms with van der Waals surface area (Å²) in [6.45, 7) is 5.59. The lowest BCUT2D eigenvalue weighted by Crippen LogP contribution is -2.06. The van der Waals surface area contributed by atoms with E-state index in [-0.39, 0.29) is 5.97 Å². The van der Waals surface area contributed by atoms with Gasteiger partial charge in [-0.1, -0.05) is 39.7 Å². The molecule has 0 heterocycles. The van der Waals surface area contributed by atoms with Crippen LogP contribution in [0, 0.1) is 0 Å². The van der Waals surface area contributed by atoms with Crippen LogP contribution in [0.2, 0.25) is 5.02 Å². The van der Waals surface area contributed by atoms with Crippen molar-refractivity contribution in [3.63, 3.8) is 0 Å². The second kappa shape index (κ2) is 11.8. The summed E-state index contributed by atoms with van der Waals surface area (Å²) in [6.07, 6.45) is 0. The van der Waals surface area contributed by atoms with Gasteiger partial charge < -0.3 is 19.5 Å². The molecule has 0 bridgehead atoms. The van der Waals surface area contributed by atoms with Crippen LogP contribution in [0.3, 0.4) is 0 Å². The Balaban J connectivity index is 1.68. The average Bonchev–Trinajstić information content (AvgIpc) is 2.80. The molecular weight excluding hydrogens is 494 g/mol. The minimum atomic E-state index is -0.322. The molecule has 0 unspecified atom stereocenters. The second-order valence-electron chi connectivity index (χ2n) is 6.89. The molecule has 168 valence electrons. The summed E-state index contributed by atoms with van der Waals surface area (Å²) in [4.78, 5) is 11.8. The van der Waals surface area contributed by atoms with E-state index in [0.717, 1.165) is 21.3 Å². The van der Waals surface area contributed by atoms with E-state index in [2.05, 4.69) is 21.2 Å². The molecule has 0 aromatic heterocycles. The van der Waals surface area contributed by atoms with Crippen LogP contribution < -0.4 is 14.8 Å². The first-order valence-electron chi connectivity index (χ1n) is 10.3. The molecule has 1 N–H and O–H groups in total. The standard InChI is InChI=1S/C25H25BrClNO4/c1-3-30-23-13-19(15-28-21-11-7-18(8-12-21)25(29)31-4-2)22(26)14-24(23)32-16-17-5-9-20(27)10-6-17/h5-14,28H,3-4,15-16H2,1-2H3. The van der Waals surface area contributed by atoms with Crippen LogP contribution in [0.4, 0.5) is 5.69 Å². The molecule has 0 aliphatic heterocycles. The number of carbonyl (C=O) groups is 1. The van der Waals surface area contributed by atoms with E-state index in [1.165, 1.54) is 0 Å². The highest BCUT2D eigenvalue weighted by atomic mass is 79.9. The minimum absolute atomic E-state index is 0.322. The number of esters is 1. The first-order valence-corrected chi connectivity index (χ1v) is 11.5. The fraction of sp³-hybridized carbons (Fsp3) is 0.240. The van der Waals surface area contributed by atoms with Gasteiger partial charge in [-0.05, 0) is 73.5 Å². The molecule has 0 radical (unpaired) electrons. The summed E-state index contributed by atoms with van der Waals surface area (Å²) in [5.74, 6) is 1.02. The maximum atomic E-state index is 11.8. The smallest absolute Gasteiger partial charge is 0.338 e. The Morgan fingerprint density at radius 2 is 1.62 bits per heavy atom. The number of anilines is 1. The third kappa shape index (κ3) is 6.65. The summed E-state index contributed by atoms with van der Waals surface area (Å²) >= 11 is 9.58. The lowest BCUT2D eigenvalue weighted by Gasteiger charge is -2.16. The Hall–Kier alpha value is -2.70. The van der Waals surface area contributed by atoms with Gasteiger partial charge in [0.1, 0.15) is 6.61 Å². The van der Waals surface area contributed by atoms with Crippen LogP contribution in [0.25, 0.3) is 0 Å². The number of nitrogens with one attached hydrogen (secondary N) is 1. The number of halogens is 2. The Morgan fingerprint density at radius 3 is 2.28 bits per heavy atom. The third-order valence-electron chi connectivity index (χ3n) is 4.60. The van der Waals surface area contributed by atoms with Gasteiger partial charge in [0.25, 0.3) is 0 Å². The number of rotatable bonds is 10. The summed E-state index contributed by atoms with van der Waals surface area (Å²) in [6, 6.07) is 18.6. The molecule has 3 aromatic rings. The summed E-state index contributed by atoms with van der Waals surface area (Å²) in [5, 5.41) is 4.05. The molecular formula is C25H25BrClNO4. The van der Waals surface area contributed by atoms with Gasteiger partial charge in [0.05, 0.1) is 18.8 Å². The van der Waals surface area contributed by atoms with Crippen molar-refractivity contribution < 1.29 is 19.0 Å². The molecule has 0 saturated carbocycles. The SMILES string of the molecule is CCOC(=O)c1ccc(NCc2cc(OCC)c(OCc3ccc(Cl)cc3)cc2Br)cc1. The van der Waals surface area contributed by atoms with Gasteiger partial charge in [-0.2, -0.15) is 0 Å². The summed E-state index contributed by atoms with van der Waals surface area (Å²) < 4.78 is 17.7. The largest absolute Gasteiger partial charge is 0.490 e. The lowest BCUT2D eigenvalue weighted by atomic mass is 10.1. The van der Waals surface area contributed by atoms with E-state index in [0.29, 0.717) is 48.5 Å². The highest BCUT2D eigenvalue weighted by Gasteiger charge is 2.12. The summed E-state index contributed by atoms with van der Waals surface area (Å²) in [5.41, 5.74) is 3.46. The van der Waals surface area contributed by atoms with Crippen molar-refractivity contribution in [2.75, 3.05) is 18.5 Å². The number of carbonyl (C=O) groups excluding carboxylic acids is 1. The lowest BCUT2D eigenvalue weighted by molar-refractivity contribution is 0.0526. The number of ether oxygens (including phenoxy) is 3. The minimum Gasteiger partial charge on any atom is -0.490 e. The first kappa shape index (κ1) is 24.0. The molecule has 0 atom stereocenters. The van der Waals surface area contributed by atoms with Crippen LogP contribution in [0.5, 0.6) is 11.5 Å². The highest BCUT2D eigenvalue weighted by molar-refractivity contribution is 9.10. The van der Waals surface area contributed by atoms with Gasteiger partial charge in [-0.3, -0.25) is 0 Å². The van der Waals surface area contributed by atoms with E-state index in [9.17, 15) is 4.79 Å². The Kier molecular flexibility index (Phi) is 8.82. The van der Waals surface area contributed by atoms with Crippen molar-refractivity contribution in [3.05, 3.63) is 86.8 Å². The monoisotopic (exact) mass is 517 g/mol. The van der Waals surface area contributed by atoms with E-state index in [1.807, 2.05) is 55.5 Å². The zero-order chi connectivity index (χ0) is 22.9. The number of hydrogen-bond donors (Lipinski definition) is 1. The normalized spacial score (nSPS) is 10.5. The van der Waals surface area contributed by atoms with Crippen LogP contribution in [0.1, 0.15) is 35.3 Å². The highest BCUT2D eigenvalue weighted by Crippen LogP contribution is 2.35. The zero-order valence-electron chi connectivity index (χ0n) is 18.0. The van der Waals surface area contributed by atoms with Crippen LogP contribution in [0.15, 0.2) is 65.1 Å². The molecule has 32 heavy (non-hydrogen) atoms. The van der Waals surface area contributed by atoms with Crippen molar-refractivity contribution in [1.82, 2.24) is 0 Å². The van der Waals surface area contributed by atoms with Crippen molar-refractivity contribution >= 4 is 39.2 Å². The average molecular weight is 519 g/mol. The topological polar surface area (TPSA) is 56.8 Å². The molecule has 3 rings (SSSR count). The van der Waals surface area contributed by atoms with Gasteiger partial charge >= 0.3 is 5.97 Å². The van der Waals surface area contributed by atoms with E-state index < -0.39 is 0 Å². The predicted octanol–water partition coefficient (Wildman–Crippen LogP) is 6.87. The van der Waals surface area contributed by atoms with Gasteiger partial charge in [-0.25, -0.2) is 4.79 Å². The molecule has 0 aliphatic rings. The molecule has 0 aliphatic carbocycles. The first-order chi connectivity index (χ1) is 15.5. The molecule has 0 amide bonds. The zero-order valence-corrected chi connectivity index (χ0v) is 20.3. The molecule has 7 heteroatoms. The van der Waals surface area contributed by atoms with Crippen molar-refractivity contribution in [2.45, 2.75) is 27.0 Å². The van der Waals surface area contributed by atoms with Gasteiger partial charge in [0, 0.05) is 21.7 Å². The fourth-order valence-corrected chi connectivity index (χ4v) is 3.56. The van der Waals surface area contributed by atoms with Crippen molar-refractivity contribution in [2.24, 2.45) is 0 Å². The van der Waals surface area contributed by atoms with Gasteiger partial charge in [0.15, 0.2) is 11.5 Å². The molecule has 0 spiro atoms. The predicted molar refractivity (Wildman–Crippen MR) is 131 cm³/mol. The molecule has 3 aromatic carbocycles. The van der Waals surface area contributed by atoms with Crippen LogP contribution in [-0.4, -0.2) is 19.2 Å². The van der Waals surface area contributed by atoms with Crippen LogP contribution in [-0.2, 0) is 17.9 Å². The number of benzene rings is 3. The quantitative estimate of drug-likeness (QED) is 0.297. The Bertz CT molecular complexity index is 1040. The second-order valence-corrected chi connectivity index (χ2v) is 8.18. The fourth-order valence-electron chi connectivity index (χ4n) is 2.97. The Labute approximate surface area is 201 Å². The van der Waals surface area contributed by atoms with Gasteiger partial charge in [-0.15, -0.1) is 0 Å². The maximum absolute atomic E-state index is 11.8. The van der Waals surface area contributed by atoms with E-state index in [1.54, 1.807) is 19.1 Å². The van der Waals surface area contributed by atoms with Gasteiger partial charge in [0.2, 0.25) is 0 Å². The number of hydrogen-bond acceptors (Lipinski definition) is 5. The summed E-state index contributed by atoms with van der Waals surface area (Å²) in [7, 11) is 0. The molecule has 0 saturated heterocycles. The third-order valence-corrected chi connectivity index (χ3v) is 5.59. The van der Waals surface area contributed by atoms with Crippen molar-refractivity contribution in [3.8, 4) is 11.5 Å². The van der Waals surface area contributed by atoms with E-state index in [4.69, 9.17) is 25.8 Å². The molecule has 0 fully saturated rings. The van der Waals surface area contributed by atoms with Crippen LogP contribution >= 0.6 is 27.5 Å².